The molecule has 0 saturated heterocycles. The molecule has 6 rings (SSSR count). The summed E-state index contributed by atoms with van der Waals surface area (Å²) in [6.45, 7) is 65.7. The van der Waals surface area contributed by atoms with Crippen LogP contribution in [0, 0.1) is 0 Å². The number of hydrogen-bond donors (Lipinski definition) is 0. The summed E-state index contributed by atoms with van der Waals surface area (Å²) in [7, 11) is -1.51. The van der Waals surface area contributed by atoms with E-state index in [0.29, 0.717) is 0 Å². The zero-order valence-corrected chi connectivity index (χ0v) is 56.3. The first-order chi connectivity index (χ1) is 33.4. The molecule has 0 N–H and O–H groups in total. The van der Waals surface area contributed by atoms with E-state index in [1.54, 1.807) is 10.6 Å². The Kier molecular flexibility index (Phi) is 19.7. The summed E-state index contributed by atoms with van der Waals surface area (Å²) >= 11 is 0. The average molecular weight is 1140 g/mol. The van der Waals surface area contributed by atoms with Crippen molar-refractivity contribution in [2.45, 2.75) is 209 Å². The van der Waals surface area contributed by atoms with Gasteiger partial charge in [-0.2, -0.15) is 0 Å². The van der Waals surface area contributed by atoms with Crippen molar-refractivity contribution in [1.29, 1.82) is 0 Å². The van der Waals surface area contributed by atoms with Crippen LogP contribution in [-0.2, 0) is 63.7 Å². The van der Waals surface area contributed by atoms with Crippen LogP contribution in [0.1, 0.15) is 211 Å². The maximum absolute atomic E-state index is 2.45. The van der Waals surface area contributed by atoms with Gasteiger partial charge in [0.15, 0.2) is 0 Å². The molecule has 0 nitrogen and oxygen atoms in total. The SMILES string of the molecule is C[PH+](C)c1c(-c2cc(C(C)(C)C)cc(C(C)(C)C)c2)cccc1-c1cc(C(C)(C)C)cc(C(C)(C)C)c1.C[PH+](C)c1c(-c2cc(C(C)(C)C)cc(C(C)(C)C)c2)cccc1-c1cc(C(C)(C)C)cc(C(C)(C)C)c1.[Pd]. The Morgan fingerprint density at radius 2 is 0.360 bits per heavy atom. The maximum Gasteiger partial charge on any atom is 0.106 e. The number of benzene rings is 6. The third-order valence-corrected chi connectivity index (χ3v) is 18.1. The van der Waals surface area contributed by atoms with Gasteiger partial charge in [0.25, 0.3) is 0 Å². The smallest absolute Gasteiger partial charge is 0.0607 e. The summed E-state index contributed by atoms with van der Waals surface area (Å²) in [5, 5.41) is 3.09. The first kappa shape index (κ1) is 64.4. The largest absolute Gasteiger partial charge is 0.106 e. The van der Waals surface area contributed by atoms with Crippen molar-refractivity contribution < 1.29 is 20.4 Å². The van der Waals surface area contributed by atoms with Crippen LogP contribution >= 0.6 is 15.8 Å². The van der Waals surface area contributed by atoms with Crippen LogP contribution in [0.15, 0.2) is 109 Å². The Bertz CT molecular complexity index is 2420. The van der Waals surface area contributed by atoms with E-state index in [2.05, 4.69) is 302 Å². The molecule has 0 aliphatic heterocycles. The topological polar surface area (TPSA) is 0 Å². The van der Waals surface area contributed by atoms with Gasteiger partial charge in [0.05, 0.1) is 26.7 Å². The van der Waals surface area contributed by atoms with Crippen LogP contribution in [0.3, 0.4) is 0 Å². The first-order valence-electron chi connectivity index (χ1n) is 27.9. The Morgan fingerprint density at radius 3 is 0.467 bits per heavy atom. The van der Waals surface area contributed by atoms with Crippen molar-refractivity contribution in [3.05, 3.63) is 154 Å². The first-order valence-corrected chi connectivity index (χ1v) is 32.9. The summed E-state index contributed by atoms with van der Waals surface area (Å²) in [5.41, 5.74) is 23.2. The fourth-order valence-corrected chi connectivity index (χ4v) is 12.8. The molecule has 0 fully saturated rings. The molecule has 0 unspecified atom stereocenters. The van der Waals surface area contributed by atoms with Gasteiger partial charge < -0.3 is 0 Å². The van der Waals surface area contributed by atoms with E-state index in [-0.39, 0.29) is 63.7 Å². The molecule has 0 radical (unpaired) electrons. The standard InChI is InChI=1S/2C36H51P.Pd/c2*1-33(2,3)26-18-24(19-27(22-26)34(4,5)6)30-16-15-17-31(32(30)37(13)14)25-20-28(35(7,8)9)23-29(21-25)36(10,11)12;/h2*15-23H,1-14H3;/p+2. The fourth-order valence-electron chi connectivity index (χ4n) is 9.74. The van der Waals surface area contributed by atoms with E-state index in [0.717, 1.165) is 0 Å². The summed E-state index contributed by atoms with van der Waals surface area (Å²) in [4.78, 5) is 0. The van der Waals surface area contributed by atoms with Crippen LogP contribution in [0.4, 0.5) is 0 Å². The second-order valence-corrected chi connectivity index (χ2v) is 35.7. The quantitative estimate of drug-likeness (QED) is 0.115. The van der Waals surface area contributed by atoms with Crippen molar-refractivity contribution in [2.75, 3.05) is 26.7 Å². The molecule has 410 valence electrons. The molecule has 0 aliphatic carbocycles. The average Bonchev–Trinajstić information content (AvgIpc) is 3.25. The third kappa shape index (κ3) is 16.0. The van der Waals surface area contributed by atoms with E-state index < -0.39 is 15.8 Å². The molecular formula is C72H104P2Pd+2. The summed E-state index contributed by atoms with van der Waals surface area (Å²) in [6, 6.07) is 43.4. The van der Waals surface area contributed by atoms with Gasteiger partial charge in [-0.15, -0.1) is 0 Å². The zero-order valence-electron chi connectivity index (χ0n) is 52.7. The molecule has 0 aromatic heterocycles. The molecule has 0 saturated carbocycles. The second kappa shape index (κ2) is 22.9. The van der Waals surface area contributed by atoms with Crippen LogP contribution in [0.25, 0.3) is 44.5 Å². The van der Waals surface area contributed by atoms with Gasteiger partial charge in [0, 0.05) is 58.5 Å². The van der Waals surface area contributed by atoms with E-state index in [1.165, 1.54) is 89.0 Å². The van der Waals surface area contributed by atoms with Crippen LogP contribution in [0.5, 0.6) is 0 Å². The second-order valence-electron chi connectivity index (χ2n) is 30.7. The molecule has 6 aromatic carbocycles. The van der Waals surface area contributed by atoms with E-state index in [1.807, 2.05) is 0 Å². The molecule has 0 aliphatic rings. The molecule has 0 amide bonds. The Labute approximate surface area is 478 Å². The number of hydrogen-bond acceptors (Lipinski definition) is 0. The molecule has 0 bridgehead atoms. The van der Waals surface area contributed by atoms with Gasteiger partial charge in [-0.05, 0) is 110 Å². The minimum absolute atomic E-state index is 0. The number of rotatable bonds is 6. The van der Waals surface area contributed by atoms with Crippen molar-refractivity contribution in [3.63, 3.8) is 0 Å². The van der Waals surface area contributed by atoms with Crippen LogP contribution < -0.4 is 10.6 Å². The summed E-state index contributed by atoms with van der Waals surface area (Å²) in [5.74, 6) is 0. The van der Waals surface area contributed by atoms with Crippen LogP contribution in [0.2, 0.25) is 0 Å². The van der Waals surface area contributed by atoms with E-state index in [9.17, 15) is 0 Å². The Balaban J connectivity index is 0.000000320. The van der Waals surface area contributed by atoms with Crippen molar-refractivity contribution in [1.82, 2.24) is 0 Å². The van der Waals surface area contributed by atoms with Gasteiger partial charge in [-0.25, -0.2) is 0 Å². The van der Waals surface area contributed by atoms with Gasteiger partial charge in [0.1, 0.15) is 10.6 Å². The molecule has 0 spiro atoms. The Morgan fingerprint density at radius 1 is 0.227 bits per heavy atom. The predicted molar refractivity (Wildman–Crippen MR) is 344 cm³/mol. The minimum Gasteiger partial charge on any atom is -0.0607 e. The van der Waals surface area contributed by atoms with Gasteiger partial charge >= 0.3 is 0 Å². The molecular weight excluding hydrogens is 1030 g/mol. The van der Waals surface area contributed by atoms with Gasteiger partial charge in [-0.1, -0.05) is 275 Å². The monoisotopic (exact) mass is 1140 g/mol. The van der Waals surface area contributed by atoms with E-state index in [4.69, 9.17) is 0 Å². The van der Waals surface area contributed by atoms with Gasteiger partial charge in [0.2, 0.25) is 0 Å². The van der Waals surface area contributed by atoms with Crippen molar-refractivity contribution >= 4 is 26.5 Å². The summed E-state index contributed by atoms with van der Waals surface area (Å²) < 4.78 is 0. The molecule has 3 heteroatoms. The third-order valence-electron chi connectivity index (χ3n) is 15.0. The normalized spacial score (nSPS) is 13.2. The predicted octanol–water partition coefficient (Wildman–Crippen LogP) is 20.6. The van der Waals surface area contributed by atoms with Gasteiger partial charge in [-0.3, -0.25) is 0 Å². The van der Waals surface area contributed by atoms with Crippen molar-refractivity contribution in [3.8, 4) is 44.5 Å². The Hall–Kier alpha value is -3.16. The molecule has 0 heterocycles. The van der Waals surface area contributed by atoms with E-state index >= 15 is 0 Å². The van der Waals surface area contributed by atoms with Crippen molar-refractivity contribution in [2.24, 2.45) is 0 Å². The molecule has 6 aromatic rings. The van der Waals surface area contributed by atoms with Crippen LogP contribution in [-0.4, -0.2) is 26.7 Å². The molecule has 75 heavy (non-hydrogen) atoms. The summed E-state index contributed by atoms with van der Waals surface area (Å²) in [6.07, 6.45) is 0. The fraction of sp³-hybridized carbons (Fsp3) is 0.500. The maximum atomic E-state index is 2.45. The zero-order chi connectivity index (χ0) is 56.3. The minimum atomic E-state index is -0.757. The molecule has 0 atom stereocenters.